The van der Waals surface area contributed by atoms with Crippen LogP contribution in [0.15, 0.2) is 11.6 Å². The Bertz CT molecular complexity index is 531. The van der Waals surface area contributed by atoms with E-state index in [-0.39, 0.29) is 28.8 Å². The minimum Gasteiger partial charge on any atom is -0.393 e. The molecule has 0 spiro atoms. The lowest BCUT2D eigenvalue weighted by Gasteiger charge is -2.58. The molecule has 4 aliphatic carbocycles. The number of fused-ring (bicyclic) bond motifs is 5. The van der Waals surface area contributed by atoms with Crippen molar-refractivity contribution in [2.75, 3.05) is 0 Å². The number of aliphatic hydroxyl groups is 4. The van der Waals surface area contributed by atoms with Crippen molar-refractivity contribution in [2.45, 2.75) is 76.8 Å². The second-order valence-electron chi connectivity index (χ2n) is 9.08. The molecular formula is C19H30O4. The largest absolute Gasteiger partial charge is 0.393 e. The summed E-state index contributed by atoms with van der Waals surface area (Å²) < 4.78 is 0. The molecule has 4 heteroatoms. The van der Waals surface area contributed by atoms with Gasteiger partial charge in [-0.2, -0.15) is 0 Å². The molecule has 4 nitrogen and oxygen atoms in total. The topological polar surface area (TPSA) is 80.9 Å². The molecule has 0 radical (unpaired) electrons. The molecule has 0 bridgehead atoms. The first-order chi connectivity index (χ1) is 10.8. The van der Waals surface area contributed by atoms with Crippen molar-refractivity contribution in [2.24, 2.45) is 28.6 Å². The van der Waals surface area contributed by atoms with Gasteiger partial charge in [-0.15, -0.1) is 0 Å². The monoisotopic (exact) mass is 322 g/mol. The SMILES string of the molecule is CC12CC[C@@H](O)CC1=CC(O)C1C2CCC2(C)C1C[C@@H](O)C2O. The molecule has 0 aliphatic heterocycles. The van der Waals surface area contributed by atoms with Gasteiger partial charge in [-0.05, 0) is 67.1 Å². The van der Waals surface area contributed by atoms with Crippen molar-refractivity contribution in [3.8, 4) is 0 Å². The van der Waals surface area contributed by atoms with Crippen LogP contribution in [0, 0.1) is 28.6 Å². The Morgan fingerprint density at radius 3 is 2.48 bits per heavy atom. The Morgan fingerprint density at radius 2 is 1.74 bits per heavy atom. The molecular weight excluding hydrogens is 292 g/mol. The van der Waals surface area contributed by atoms with Crippen LogP contribution in [-0.4, -0.2) is 44.8 Å². The van der Waals surface area contributed by atoms with Crippen LogP contribution in [0.4, 0.5) is 0 Å². The lowest BCUT2D eigenvalue weighted by atomic mass is 9.47. The lowest BCUT2D eigenvalue weighted by molar-refractivity contribution is -0.110. The van der Waals surface area contributed by atoms with Crippen LogP contribution in [0.5, 0.6) is 0 Å². The third-order valence-electron chi connectivity index (χ3n) is 8.08. The minimum absolute atomic E-state index is 0.0585. The van der Waals surface area contributed by atoms with Crippen molar-refractivity contribution in [1.29, 1.82) is 0 Å². The fourth-order valence-electron chi connectivity index (χ4n) is 6.62. The number of hydrogen-bond donors (Lipinski definition) is 4. The highest BCUT2D eigenvalue weighted by molar-refractivity contribution is 5.28. The second-order valence-corrected chi connectivity index (χ2v) is 9.08. The zero-order chi connectivity index (χ0) is 16.6. The summed E-state index contributed by atoms with van der Waals surface area (Å²) in [5.74, 6) is 0.674. The van der Waals surface area contributed by atoms with Gasteiger partial charge in [0.25, 0.3) is 0 Å². The van der Waals surface area contributed by atoms with Crippen LogP contribution in [0.2, 0.25) is 0 Å². The Hall–Kier alpha value is -0.420. The van der Waals surface area contributed by atoms with Crippen LogP contribution in [0.1, 0.15) is 52.4 Å². The van der Waals surface area contributed by atoms with Gasteiger partial charge in [-0.25, -0.2) is 0 Å². The fourth-order valence-corrected chi connectivity index (χ4v) is 6.62. The van der Waals surface area contributed by atoms with Crippen LogP contribution >= 0.6 is 0 Å². The van der Waals surface area contributed by atoms with Gasteiger partial charge in [0.2, 0.25) is 0 Å². The summed E-state index contributed by atoms with van der Waals surface area (Å²) in [7, 11) is 0. The van der Waals surface area contributed by atoms with E-state index < -0.39 is 18.3 Å². The van der Waals surface area contributed by atoms with Gasteiger partial charge in [-0.1, -0.05) is 25.5 Å². The van der Waals surface area contributed by atoms with E-state index >= 15 is 0 Å². The maximum atomic E-state index is 10.9. The van der Waals surface area contributed by atoms with E-state index in [4.69, 9.17) is 0 Å². The molecule has 0 saturated heterocycles. The molecule has 4 rings (SSSR count). The molecule has 130 valence electrons. The highest BCUT2D eigenvalue weighted by Crippen LogP contribution is 2.64. The van der Waals surface area contributed by atoms with E-state index in [0.29, 0.717) is 18.8 Å². The van der Waals surface area contributed by atoms with Crippen LogP contribution < -0.4 is 0 Å². The molecule has 4 aliphatic rings. The standard InChI is InChI=1S/C19H30O4/c1-18-5-3-11(20)7-10(18)8-14(21)16-12(18)4-6-19(2)13(16)9-15(22)17(19)23/h8,11-17,20-23H,3-7,9H2,1-2H3/t11-,12?,13?,14?,15-,16?,17?,18?,19?/m1/s1. The van der Waals surface area contributed by atoms with Gasteiger partial charge in [0.05, 0.1) is 24.4 Å². The van der Waals surface area contributed by atoms with Gasteiger partial charge in [0.1, 0.15) is 0 Å². The average Bonchev–Trinajstić information content (AvgIpc) is 2.73. The van der Waals surface area contributed by atoms with Crippen LogP contribution in [-0.2, 0) is 0 Å². The summed E-state index contributed by atoms with van der Waals surface area (Å²) in [6, 6.07) is 0. The highest BCUT2D eigenvalue weighted by atomic mass is 16.3. The summed E-state index contributed by atoms with van der Waals surface area (Å²) in [5, 5.41) is 41.6. The zero-order valence-corrected chi connectivity index (χ0v) is 14.2. The van der Waals surface area contributed by atoms with Crippen LogP contribution in [0.25, 0.3) is 0 Å². The summed E-state index contributed by atoms with van der Waals surface area (Å²) in [4.78, 5) is 0. The predicted molar refractivity (Wildman–Crippen MR) is 86.5 cm³/mol. The first kappa shape index (κ1) is 16.1. The third kappa shape index (κ3) is 2.05. The third-order valence-corrected chi connectivity index (χ3v) is 8.08. The normalized spacial score (nSPS) is 58.9. The quantitative estimate of drug-likeness (QED) is 0.511. The van der Waals surface area contributed by atoms with Crippen molar-refractivity contribution >= 4 is 0 Å². The van der Waals surface area contributed by atoms with Gasteiger partial charge in [0, 0.05) is 0 Å². The summed E-state index contributed by atoms with van der Waals surface area (Å²) in [6.45, 7) is 4.40. The Morgan fingerprint density at radius 1 is 1.00 bits per heavy atom. The molecule has 3 saturated carbocycles. The maximum absolute atomic E-state index is 10.9. The highest BCUT2D eigenvalue weighted by Gasteiger charge is 2.62. The lowest BCUT2D eigenvalue weighted by Crippen LogP contribution is -2.55. The van der Waals surface area contributed by atoms with Gasteiger partial charge in [-0.3, -0.25) is 0 Å². The molecule has 0 amide bonds. The Balaban J connectivity index is 1.73. The predicted octanol–water partition coefficient (Wildman–Crippen LogP) is 1.61. The summed E-state index contributed by atoms with van der Waals surface area (Å²) in [5.41, 5.74) is 1.01. The second kappa shape index (κ2) is 5.04. The average molecular weight is 322 g/mol. The van der Waals surface area contributed by atoms with E-state index in [9.17, 15) is 20.4 Å². The van der Waals surface area contributed by atoms with E-state index in [2.05, 4.69) is 13.8 Å². The smallest absolute Gasteiger partial charge is 0.0855 e. The maximum Gasteiger partial charge on any atom is 0.0855 e. The van der Waals surface area contributed by atoms with Gasteiger partial charge >= 0.3 is 0 Å². The molecule has 7 unspecified atom stereocenters. The number of rotatable bonds is 0. The van der Waals surface area contributed by atoms with Crippen molar-refractivity contribution in [3.63, 3.8) is 0 Å². The molecule has 9 atom stereocenters. The van der Waals surface area contributed by atoms with Crippen molar-refractivity contribution in [1.82, 2.24) is 0 Å². The number of aliphatic hydroxyl groups excluding tert-OH is 4. The summed E-state index contributed by atoms with van der Waals surface area (Å²) >= 11 is 0. The first-order valence-corrected chi connectivity index (χ1v) is 9.21. The van der Waals surface area contributed by atoms with E-state index in [1.165, 1.54) is 5.57 Å². The van der Waals surface area contributed by atoms with Gasteiger partial charge in [0.15, 0.2) is 0 Å². The van der Waals surface area contributed by atoms with Crippen molar-refractivity contribution < 1.29 is 20.4 Å². The minimum atomic E-state index is -0.674. The molecule has 4 N–H and O–H groups in total. The molecule has 0 aromatic carbocycles. The molecule has 23 heavy (non-hydrogen) atoms. The Kier molecular flexibility index (Phi) is 3.52. The van der Waals surface area contributed by atoms with E-state index in [1.54, 1.807) is 0 Å². The first-order valence-electron chi connectivity index (χ1n) is 9.21. The zero-order valence-electron chi connectivity index (χ0n) is 14.2. The van der Waals surface area contributed by atoms with Gasteiger partial charge < -0.3 is 20.4 Å². The fraction of sp³-hybridized carbons (Fsp3) is 0.895. The Labute approximate surface area is 138 Å². The molecule has 3 fully saturated rings. The van der Waals surface area contributed by atoms with E-state index in [0.717, 1.165) is 25.7 Å². The molecule has 0 aromatic heterocycles. The summed E-state index contributed by atoms with van der Waals surface area (Å²) in [6.07, 6.45) is 4.85. The van der Waals surface area contributed by atoms with Crippen molar-refractivity contribution in [3.05, 3.63) is 11.6 Å². The van der Waals surface area contributed by atoms with E-state index in [1.807, 2.05) is 6.08 Å². The molecule has 0 heterocycles. The molecule has 0 aromatic rings. The van der Waals surface area contributed by atoms with Crippen LogP contribution in [0.3, 0.4) is 0 Å². The number of hydrogen-bond acceptors (Lipinski definition) is 4.